The van der Waals surface area contributed by atoms with Crippen molar-refractivity contribution in [3.8, 4) is 0 Å². The summed E-state index contributed by atoms with van der Waals surface area (Å²) in [5.41, 5.74) is 8.01. The quantitative estimate of drug-likeness (QED) is 0.769. The highest BCUT2D eigenvalue weighted by atomic mass is 32.2. The number of nitrogens with one attached hydrogen (secondary N) is 1. The second-order valence-electron chi connectivity index (χ2n) is 5.03. The van der Waals surface area contributed by atoms with Crippen LogP contribution in [0, 0.1) is 0 Å². The number of aryl methyl sites for hydroxylation is 2. The molecule has 0 bridgehead atoms. The molecule has 110 valence electrons. The summed E-state index contributed by atoms with van der Waals surface area (Å²) >= 11 is 1.93. The van der Waals surface area contributed by atoms with Crippen molar-refractivity contribution in [1.82, 2.24) is 9.78 Å². The van der Waals surface area contributed by atoms with Crippen LogP contribution in [0.4, 0.5) is 11.5 Å². The first-order valence-corrected chi connectivity index (χ1v) is 8.36. The van der Waals surface area contributed by atoms with Gasteiger partial charge in [-0.2, -0.15) is 16.9 Å². The molecule has 1 aromatic rings. The first-order valence-electron chi connectivity index (χ1n) is 7.13. The molecule has 1 heterocycles. The van der Waals surface area contributed by atoms with Crippen molar-refractivity contribution in [3.63, 3.8) is 0 Å². The van der Waals surface area contributed by atoms with Crippen LogP contribution in [0.1, 0.15) is 45.7 Å². The molecule has 5 heteroatoms. The fourth-order valence-electron chi connectivity index (χ4n) is 2.33. The molecule has 1 rings (SSSR count). The number of nitrogen functional groups attached to an aromatic ring is 1. The summed E-state index contributed by atoms with van der Waals surface area (Å²) in [6, 6.07) is 0. The first kappa shape index (κ1) is 16.2. The predicted molar refractivity (Wildman–Crippen MR) is 86.9 cm³/mol. The minimum atomic E-state index is 0.279. The molecule has 0 aromatic carbocycles. The summed E-state index contributed by atoms with van der Waals surface area (Å²) in [4.78, 5) is 0. The highest BCUT2D eigenvalue weighted by Gasteiger charge is 2.25. The second kappa shape index (κ2) is 7.08. The van der Waals surface area contributed by atoms with E-state index in [-0.39, 0.29) is 4.75 Å². The van der Waals surface area contributed by atoms with Gasteiger partial charge in [-0.3, -0.25) is 4.68 Å². The Balaban J connectivity index is 2.82. The monoisotopic (exact) mass is 284 g/mol. The maximum Gasteiger partial charge on any atom is 0.147 e. The van der Waals surface area contributed by atoms with Gasteiger partial charge in [0.2, 0.25) is 0 Å². The molecule has 3 N–H and O–H groups in total. The van der Waals surface area contributed by atoms with Crippen LogP contribution < -0.4 is 11.1 Å². The molecule has 19 heavy (non-hydrogen) atoms. The van der Waals surface area contributed by atoms with Crippen LogP contribution in [0.25, 0.3) is 0 Å². The zero-order valence-corrected chi connectivity index (χ0v) is 13.7. The Kier molecular flexibility index (Phi) is 6.04. The van der Waals surface area contributed by atoms with E-state index in [0.29, 0.717) is 0 Å². The third-order valence-electron chi connectivity index (χ3n) is 3.95. The zero-order chi connectivity index (χ0) is 14.5. The van der Waals surface area contributed by atoms with Gasteiger partial charge in [0.25, 0.3) is 0 Å². The van der Waals surface area contributed by atoms with Crippen LogP contribution in [0.3, 0.4) is 0 Å². The summed E-state index contributed by atoms with van der Waals surface area (Å²) in [5, 5.41) is 8.01. The van der Waals surface area contributed by atoms with Crippen LogP contribution in [0.2, 0.25) is 0 Å². The normalized spacial score (nSPS) is 11.8. The van der Waals surface area contributed by atoms with Crippen molar-refractivity contribution < 1.29 is 0 Å². The molecule has 0 saturated carbocycles. The van der Waals surface area contributed by atoms with E-state index in [1.54, 1.807) is 0 Å². The van der Waals surface area contributed by atoms with Gasteiger partial charge in [-0.25, -0.2) is 0 Å². The average Bonchev–Trinajstić information content (AvgIpc) is 2.68. The zero-order valence-electron chi connectivity index (χ0n) is 12.9. The standard InChI is InChI=1S/C14H28N4S/c1-6-9-11-12(15)13(18(4)17-11)16-10-14(7-2,8-3)19-5/h16H,6-10,15H2,1-5H3. The highest BCUT2D eigenvalue weighted by Crippen LogP contribution is 2.32. The van der Waals surface area contributed by atoms with Gasteiger partial charge < -0.3 is 11.1 Å². The van der Waals surface area contributed by atoms with Gasteiger partial charge in [-0.05, 0) is 25.5 Å². The molecule has 0 saturated heterocycles. The lowest BCUT2D eigenvalue weighted by Crippen LogP contribution is -2.32. The Morgan fingerprint density at radius 2 is 1.95 bits per heavy atom. The summed E-state index contributed by atoms with van der Waals surface area (Å²) in [7, 11) is 1.95. The molecular formula is C14H28N4S. The molecule has 0 unspecified atom stereocenters. The molecule has 4 nitrogen and oxygen atoms in total. The van der Waals surface area contributed by atoms with Crippen molar-refractivity contribution in [3.05, 3.63) is 5.69 Å². The number of nitrogens with zero attached hydrogens (tertiary/aromatic N) is 2. The Bertz CT molecular complexity index is 388. The van der Waals surface area contributed by atoms with Gasteiger partial charge >= 0.3 is 0 Å². The molecule has 0 amide bonds. The Morgan fingerprint density at radius 1 is 1.32 bits per heavy atom. The van der Waals surface area contributed by atoms with E-state index in [0.717, 1.165) is 49.4 Å². The van der Waals surface area contributed by atoms with E-state index in [2.05, 4.69) is 37.4 Å². The lowest BCUT2D eigenvalue weighted by molar-refractivity contribution is 0.571. The lowest BCUT2D eigenvalue weighted by Gasteiger charge is -2.30. The summed E-state index contributed by atoms with van der Waals surface area (Å²) in [6.45, 7) is 7.57. The number of rotatable bonds is 8. The maximum atomic E-state index is 6.19. The number of anilines is 2. The first-order chi connectivity index (χ1) is 9.03. The van der Waals surface area contributed by atoms with Crippen LogP contribution >= 0.6 is 11.8 Å². The van der Waals surface area contributed by atoms with E-state index >= 15 is 0 Å². The Labute approximate surface area is 121 Å². The SMILES string of the molecule is CCCc1nn(C)c(NCC(CC)(CC)SC)c1N. The minimum absolute atomic E-state index is 0.279. The molecule has 1 aromatic heterocycles. The maximum absolute atomic E-state index is 6.19. The Hall–Kier alpha value is -0.840. The van der Waals surface area contributed by atoms with Crippen molar-refractivity contribution in [2.24, 2.45) is 7.05 Å². The van der Waals surface area contributed by atoms with Crippen molar-refractivity contribution in [1.29, 1.82) is 0 Å². The largest absolute Gasteiger partial charge is 0.394 e. The second-order valence-corrected chi connectivity index (χ2v) is 6.30. The lowest BCUT2D eigenvalue weighted by atomic mass is 10.0. The highest BCUT2D eigenvalue weighted by molar-refractivity contribution is 8.00. The minimum Gasteiger partial charge on any atom is -0.394 e. The average molecular weight is 284 g/mol. The molecule has 0 atom stereocenters. The van der Waals surface area contributed by atoms with Gasteiger partial charge in [-0.15, -0.1) is 0 Å². The van der Waals surface area contributed by atoms with Gasteiger partial charge in [0.15, 0.2) is 0 Å². The van der Waals surface area contributed by atoms with Crippen molar-refractivity contribution in [2.75, 3.05) is 23.9 Å². The van der Waals surface area contributed by atoms with Crippen LogP contribution in [-0.4, -0.2) is 27.3 Å². The van der Waals surface area contributed by atoms with E-state index in [9.17, 15) is 0 Å². The fourth-order valence-corrected chi connectivity index (χ4v) is 3.13. The molecule has 0 radical (unpaired) electrons. The number of hydrogen-bond acceptors (Lipinski definition) is 4. The summed E-state index contributed by atoms with van der Waals surface area (Å²) in [5.74, 6) is 0.962. The number of nitrogens with two attached hydrogens (primary N) is 1. The number of thioether (sulfide) groups is 1. The topological polar surface area (TPSA) is 55.9 Å². The van der Waals surface area contributed by atoms with Crippen LogP contribution in [0.15, 0.2) is 0 Å². The molecule has 0 fully saturated rings. The van der Waals surface area contributed by atoms with Crippen molar-refractivity contribution in [2.45, 2.75) is 51.2 Å². The summed E-state index contributed by atoms with van der Waals surface area (Å²) in [6.07, 6.45) is 6.49. The molecule has 0 spiro atoms. The Morgan fingerprint density at radius 3 is 2.42 bits per heavy atom. The van der Waals surface area contributed by atoms with E-state index in [1.807, 2.05) is 23.5 Å². The molecule has 0 aliphatic rings. The fraction of sp³-hybridized carbons (Fsp3) is 0.786. The van der Waals surface area contributed by atoms with Gasteiger partial charge in [0, 0.05) is 18.3 Å². The molecular weight excluding hydrogens is 256 g/mol. The van der Waals surface area contributed by atoms with Crippen LogP contribution in [-0.2, 0) is 13.5 Å². The third kappa shape index (κ3) is 3.59. The van der Waals surface area contributed by atoms with Gasteiger partial charge in [-0.1, -0.05) is 27.2 Å². The van der Waals surface area contributed by atoms with Crippen molar-refractivity contribution >= 4 is 23.3 Å². The molecule has 0 aliphatic heterocycles. The smallest absolute Gasteiger partial charge is 0.147 e. The van der Waals surface area contributed by atoms with Gasteiger partial charge in [0.1, 0.15) is 5.82 Å². The number of hydrogen-bond donors (Lipinski definition) is 2. The molecule has 0 aliphatic carbocycles. The third-order valence-corrected chi connectivity index (χ3v) is 5.53. The van der Waals surface area contributed by atoms with E-state index < -0.39 is 0 Å². The van der Waals surface area contributed by atoms with Crippen LogP contribution in [0.5, 0.6) is 0 Å². The summed E-state index contributed by atoms with van der Waals surface area (Å²) < 4.78 is 2.15. The van der Waals surface area contributed by atoms with E-state index in [4.69, 9.17) is 5.73 Å². The predicted octanol–water partition coefficient (Wildman–Crippen LogP) is 3.29. The van der Waals surface area contributed by atoms with Gasteiger partial charge in [0.05, 0.1) is 11.4 Å². The van der Waals surface area contributed by atoms with E-state index in [1.165, 1.54) is 0 Å². The number of aromatic nitrogens is 2.